The summed E-state index contributed by atoms with van der Waals surface area (Å²) < 4.78 is 6.83. The van der Waals surface area contributed by atoms with Crippen LogP contribution in [0.1, 0.15) is 29.4 Å². The number of rotatable bonds is 7. The van der Waals surface area contributed by atoms with Gasteiger partial charge in [0.05, 0.1) is 17.6 Å². The summed E-state index contributed by atoms with van der Waals surface area (Å²) in [5.41, 5.74) is 1.12. The molecular formula is C21H22N2O4. The van der Waals surface area contributed by atoms with Crippen molar-refractivity contribution in [3.05, 3.63) is 70.1 Å². The summed E-state index contributed by atoms with van der Waals surface area (Å²) in [4.78, 5) is 24.2. The van der Waals surface area contributed by atoms with E-state index in [4.69, 9.17) is 4.74 Å². The molecule has 0 spiro atoms. The number of Topliss-reactive ketones (excluding diaryl/α,β-unsaturated/α-hetero) is 1. The fourth-order valence-corrected chi connectivity index (χ4v) is 2.91. The standard InChI is InChI=1S/C21H22N2O4/c1-3-20(25)15-8-10-17(11-9-15)27-13-16(24)12-23-21(26)19-7-5-4-6-18(19)14(2)22-23/h4-11,16,24H,3,12-13H2,1-2H3. The topological polar surface area (TPSA) is 81.4 Å². The van der Waals surface area contributed by atoms with Gasteiger partial charge in [-0.3, -0.25) is 9.59 Å². The van der Waals surface area contributed by atoms with Gasteiger partial charge in [0.2, 0.25) is 0 Å². The molecular weight excluding hydrogens is 344 g/mol. The van der Waals surface area contributed by atoms with Crippen LogP contribution < -0.4 is 10.3 Å². The third kappa shape index (κ3) is 4.23. The normalized spacial score (nSPS) is 12.1. The second-order valence-electron chi connectivity index (χ2n) is 6.38. The van der Waals surface area contributed by atoms with E-state index >= 15 is 0 Å². The number of hydrogen-bond acceptors (Lipinski definition) is 5. The Morgan fingerprint density at radius 1 is 1.15 bits per heavy atom. The van der Waals surface area contributed by atoms with Crippen LogP contribution in [0.2, 0.25) is 0 Å². The molecule has 0 amide bonds. The maximum Gasteiger partial charge on any atom is 0.274 e. The number of fused-ring (bicyclic) bond motifs is 1. The quantitative estimate of drug-likeness (QED) is 0.650. The van der Waals surface area contributed by atoms with Crippen LogP contribution in [0.15, 0.2) is 53.3 Å². The minimum atomic E-state index is -0.896. The summed E-state index contributed by atoms with van der Waals surface area (Å²) in [5.74, 6) is 0.621. The van der Waals surface area contributed by atoms with Crippen molar-refractivity contribution in [3.8, 4) is 5.75 Å². The maximum atomic E-state index is 12.5. The van der Waals surface area contributed by atoms with E-state index < -0.39 is 6.10 Å². The Morgan fingerprint density at radius 2 is 1.81 bits per heavy atom. The highest BCUT2D eigenvalue weighted by Gasteiger charge is 2.12. The number of ketones is 1. The lowest BCUT2D eigenvalue weighted by atomic mass is 10.1. The molecule has 140 valence electrons. The molecule has 1 heterocycles. The molecule has 0 aliphatic heterocycles. The molecule has 3 aromatic rings. The van der Waals surface area contributed by atoms with E-state index in [0.29, 0.717) is 23.1 Å². The largest absolute Gasteiger partial charge is 0.491 e. The Balaban J connectivity index is 1.67. The van der Waals surface area contributed by atoms with Crippen molar-refractivity contribution in [3.63, 3.8) is 0 Å². The number of aryl methyl sites for hydroxylation is 1. The SMILES string of the molecule is CCC(=O)c1ccc(OCC(O)Cn2nc(C)c3ccccc3c2=O)cc1. The Labute approximate surface area is 157 Å². The average molecular weight is 366 g/mol. The van der Waals surface area contributed by atoms with Crippen molar-refractivity contribution in [2.24, 2.45) is 0 Å². The summed E-state index contributed by atoms with van der Waals surface area (Å²) >= 11 is 0. The lowest BCUT2D eigenvalue weighted by Crippen LogP contribution is -2.32. The van der Waals surface area contributed by atoms with Gasteiger partial charge in [-0.25, -0.2) is 4.68 Å². The monoisotopic (exact) mass is 366 g/mol. The lowest BCUT2D eigenvalue weighted by Gasteiger charge is -2.14. The number of aliphatic hydroxyl groups excluding tert-OH is 1. The molecule has 1 N–H and O–H groups in total. The predicted molar refractivity (Wildman–Crippen MR) is 103 cm³/mol. The van der Waals surface area contributed by atoms with Crippen LogP contribution in [0.4, 0.5) is 0 Å². The van der Waals surface area contributed by atoms with Gasteiger partial charge in [-0.15, -0.1) is 0 Å². The Bertz CT molecular complexity index is 1010. The zero-order valence-corrected chi connectivity index (χ0v) is 15.4. The minimum absolute atomic E-state index is 0.0149. The third-order valence-electron chi connectivity index (χ3n) is 4.38. The second-order valence-corrected chi connectivity index (χ2v) is 6.38. The zero-order valence-electron chi connectivity index (χ0n) is 15.4. The first-order valence-electron chi connectivity index (χ1n) is 8.90. The molecule has 0 bridgehead atoms. The Hall–Kier alpha value is -2.99. The first kappa shape index (κ1) is 18.8. The van der Waals surface area contributed by atoms with Crippen molar-refractivity contribution < 1.29 is 14.6 Å². The lowest BCUT2D eigenvalue weighted by molar-refractivity contribution is 0.0879. The van der Waals surface area contributed by atoms with Gasteiger partial charge in [-0.2, -0.15) is 5.10 Å². The second kappa shape index (κ2) is 8.14. The van der Waals surface area contributed by atoms with Crippen LogP contribution in [-0.4, -0.2) is 33.4 Å². The minimum Gasteiger partial charge on any atom is -0.491 e. The molecule has 1 unspecified atom stereocenters. The van der Waals surface area contributed by atoms with Gasteiger partial charge in [0.15, 0.2) is 5.78 Å². The Kier molecular flexibility index (Phi) is 5.66. The molecule has 0 radical (unpaired) electrons. The average Bonchev–Trinajstić information content (AvgIpc) is 2.70. The summed E-state index contributed by atoms with van der Waals surface area (Å²) in [6.07, 6.45) is -0.445. The predicted octanol–water partition coefficient (Wildman–Crippen LogP) is 2.74. The molecule has 0 fully saturated rings. The van der Waals surface area contributed by atoms with Crippen LogP contribution in [-0.2, 0) is 6.54 Å². The fraction of sp³-hybridized carbons (Fsp3) is 0.286. The summed E-state index contributed by atoms with van der Waals surface area (Å²) in [6, 6.07) is 14.1. The molecule has 0 aliphatic rings. The maximum absolute atomic E-state index is 12.5. The van der Waals surface area contributed by atoms with Gasteiger partial charge in [-0.05, 0) is 37.3 Å². The number of aromatic nitrogens is 2. The Morgan fingerprint density at radius 3 is 2.48 bits per heavy atom. The van der Waals surface area contributed by atoms with Gasteiger partial charge in [0.25, 0.3) is 5.56 Å². The van der Waals surface area contributed by atoms with Gasteiger partial charge in [0.1, 0.15) is 18.5 Å². The summed E-state index contributed by atoms with van der Waals surface area (Å²) in [7, 11) is 0. The number of hydrogen-bond donors (Lipinski definition) is 1. The molecule has 3 rings (SSSR count). The number of ether oxygens (including phenoxy) is 1. The van der Waals surface area contributed by atoms with E-state index in [-0.39, 0.29) is 24.5 Å². The molecule has 27 heavy (non-hydrogen) atoms. The molecule has 1 aromatic heterocycles. The number of nitrogens with zero attached hydrogens (tertiary/aromatic N) is 2. The van der Waals surface area contributed by atoms with Crippen LogP contribution in [0.5, 0.6) is 5.75 Å². The molecule has 0 saturated heterocycles. The van der Waals surface area contributed by atoms with Crippen molar-refractivity contribution in [1.29, 1.82) is 0 Å². The number of benzene rings is 2. The molecule has 6 nitrogen and oxygen atoms in total. The van der Waals surface area contributed by atoms with E-state index in [2.05, 4.69) is 5.10 Å². The van der Waals surface area contributed by atoms with Crippen molar-refractivity contribution in [2.75, 3.05) is 6.61 Å². The fourth-order valence-electron chi connectivity index (χ4n) is 2.91. The van der Waals surface area contributed by atoms with Crippen LogP contribution in [0, 0.1) is 6.92 Å². The molecule has 1 atom stereocenters. The summed E-state index contributed by atoms with van der Waals surface area (Å²) in [6.45, 7) is 3.70. The highest BCUT2D eigenvalue weighted by atomic mass is 16.5. The van der Waals surface area contributed by atoms with Gasteiger partial charge < -0.3 is 9.84 Å². The zero-order chi connectivity index (χ0) is 19.4. The van der Waals surface area contributed by atoms with Gasteiger partial charge in [-0.1, -0.05) is 25.1 Å². The van der Waals surface area contributed by atoms with E-state index in [1.165, 1.54) is 4.68 Å². The smallest absolute Gasteiger partial charge is 0.274 e. The van der Waals surface area contributed by atoms with Crippen molar-refractivity contribution in [1.82, 2.24) is 9.78 Å². The highest BCUT2D eigenvalue weighted by Crippen LogP contribution is 2.14. The molecule has 2 aromatic carbocycles. The molecule has 0 saturated carbocycles. The first-order valence-corrected chi connectivity index (χ1v) is 8.90. The first-order chi connectivity index (χ1) is 13.0. The van der Waals surface area contributed by atoms with Crippen molar-refractivity contribution >= 4 is 16.6 Å². The van der Waals surface area contributed by atoms with Gasteiger partial charge >= 0.3 is 0 Å². The summed E-state index contributed by atoms with van der Waals surface area (Å²) in [5, 5.41) is 15.9. The molecule has 0 aliphatic carbocycles. The van der Waals surface area contributed by atoms with E-state index in [1.54, 1.807) is 36.4 Å². The van der Waals surface area contributed by atoms with Crippen LogP contribution >= 0.6 is 0 Å². The van der Waals surface area contributed by atoms with E-state index in [9.17, 15) is 14.7 Å². The van der Waals surface area contributed by atoms with Gasteiger partial charge in [0, 0.05) is 17.4 Å². The van der Waals surface area contributed by atoms with Crippen LogP contribution in [0.25, 0.3) is 10.8 Å². The van der Waals surface area contributed by atoms with Crippen LogP contribution in [0.3, 0.4) is 0 Å². The molecule has 6 heteroatoms. The van der Waals surface area contributed by atoms with E-state index in [0.717, 1.165) is 11.1 Å². The third-order valence-corrected chi connectivity index (χ3v) is 4.38. The van der Waals surface area contributed by atoms with Crippen molar-refractivity contribution in [2.45, 2.75) is 32.9 Å². The highest BCUT2D eigenvalue weighted by molar-refractivity contribution is 5.95. The number of carbonyl (C=O) groups excluding carboxylic acids is 1. The number of aliphatic hydroxyl groups is 1. The number of carbonyl (C=O) groups is 1. The van der Waals surface area contributed by atoms with E-state index in [1.807, 2.05) is 26.0 Å².